The van der Waals surface area contributed by atoms with Gasteiger partial charge in [0.1, 0.15) is 0 Å². The van der Waals surface area contributed by atoms with Crippen LogP contribution in [0.5, 0.6) is 0 Å². The summed E-state index contributed by atoms with van der Waals surface area (Å²) in [5, 5.41) is 0. The van der Waals surface area contributed by atoms with Crippen molar-refractivity contribution in [3.8, 4) is 0 Å². The molecule has 0 aliphatic carbocycles. The number of rotatable bonds is 1. The molecule has 0 aliphatic rings. The van der Waals surface area contributed by atoms with E-state index in [-0.39, 0.29) is 16.8 Å². The van der Waals surface area contributed by atoms with Gasteiger partial charge in [0.25, 0.3) is 0 Å². The molecule has 6 heavy (non-hydrogen) atoms. The Morgan fingerprint density at radius 3 is 2.00 bits per heavy atom. The third-order valence-corrected chi connectivity index (χ3v) is 0.304. The molecule has 0 N–H and O–H groups in total. The second-order valence-electron chi connectivity index (χ2n) is 0.718. The number of allylic oxidation sites excluding steroid dienone is 3. The van der Waals surface area contributed by atoms with Gasteiger partial charge < -0.3 is 0 Å². The van der Waals surface area contributed by atoms with Gasteiger partial charge in [-0.2, -0.15) is 6.08 Å². The van der Waals surface area contributed by atoms with E-state index in [2.05, 4.69) is 0 Å². The van der Waals surface area contributed by atoms with E-state index in [4.69, 9.17) is 6.58 Å². The number of hydrogen-bond donors (Lipinski definition) is 0. The van der Waals surface area contributed by atoms with Crippen molar-refractivity contribution in [1.29, 1.82) is 0 Å². The van der Waals surface area contributed by atoms with Crippen LogP contribution < -0.4 is 0 Å². The average molecular weight is 126 g/mol. The first kappa shape index (κ1) is 9.37. The normalized spacial score (nSPS) is 7.50. The minimum absolute atomic E-state index is 0. The predicted octanol–water partition coefficient (Wildman–Crippen LogP) is 1.55. The molecule has 0 fully saturated rings. The van der Waals surface area contributed by atoms with Crippen LogP contribution in [0.4, 0.5) is 0 Å². The van der Waals surface area contributed by atoms with Crippen LogP contribution in [-0.4, -0.2) is 0 Å². The first-order valence-corrected chi connectivity index (χ1v) is 1.58. The van der Waals surface area contributed by atoms with E-state index in [0.717, 1.165) is 0 Å². The van der Waals surface area contributed by atoms with E-state index in [1.165, 1.54) is 6.08 Å². The quantitative estimate of drug-likeness (QED) is 0.369. The van der Waals surface area contributed by atoms with Gasteiger partial charge in [0.2, 0.25) is 0 Å². The second kappa shape index (κ2) is 8.88. The van der Waals surface area contributed by atoms with E-state index in [0.29, 0.717) is 0 Å². The molecule has 0 aromatic carbocycles. The monoisotopic (exact) mass is 126 g/mol. The molecule has 1 radical (unpaired) electrons. The fourth-order valence-electron chi connectivity index (χ4n) is 0.111. The maximum atomic E-state index is 4.93. The van der Waals surface area contributed by atoms with Crippen LogP contribution in [0.2, 0.25) is 0 Å². The Kier molecular flexibility index (Phi) is 13.9. The van der Waals surface area contributed by atoms with Gasteiger partial charge in [0, 0.05) is 16.8 Å². The zero-order valence-corrected chi connectivity index (χ0v) is 4.68. The summed E-state index contributed by atoms with van der Waals surface area (Å²) in [4.78, 5) is 0. The van der Waals surface area contributed by atoms with Crippen molar-refractivity contribution in [2.45, 2.75) is 6.92 Å². The van der Waals surface area contributed by atoms with Crippen molar-refractivity contribution in [1.82, 2.24) is 0 Å². The van der Waals surface area contributed by atoms with E-state index in [1.807, 2.05) is 13.0 Å². The maximum Gasteiger partial charge on any atom is 0 e. The van der Waals surface area contributed by atoms with Crippen molar-refractivity contribution in [2.24, 2.45) is 0 Å². The van der Waals surface area contributed by atoms with Gasteiger partial charge in [-0.1, -0.05) is 6.92 Å². The zero-order chi connectivity index (χ0) is 4.12. The van der Waals surface area contributed by atoms with Gasteiger partial charge in [0.15, 0.2) is 0 Å². The summed E-state index contributed by atoms with van der Waals surface area (Å²) in [5.41, 5.74) is 0. The zero-order valence-electron chi connectivity index (χ0n) is 3.64. The summed E-state index contributed by atoms with van der Waals surface area (Å²) < 4.78 is 0. The maximum absolute atomic E-state index is 4.93. The molecule has 0 unspecified atom stereocenters. The number of hydrogen-bond acceptors (Lipinski definition) is 0. The molecule has 0 rings (SSSR count). The van der Waals surface area contributed by atoms with Crippen molar-refractivity contribution in [2.75, 3.05) is 0 Å². The summed E-state index contributed by atoms with van der Waals surface area (Å²) in [6.45, 7) is 6.85. The third kappa shape index (κ3) is 9.01. The Morgan fingerprint density at radius 2 is 2.00 bits per heavy atom. The van der Waals surface area contributed by atoms with Crippen molar-refractivity contribution in [3.05, 3.63) is 24.8 Å². The van der Waals surface area contributed by atoms with E-state index in [9.17, 15) is 0 Å². The van der Waals surface area contributed by atoms with Crippen molar-refractivity contribution < 1.29 is 16.8 Å². The predicted molar refractivity (Wildman–Crippen MR) is 23.7 cm³/mol. The SMILES string of the molecule is [CH-]=C/C=C/C.[Co]. The van der Waals surface area contributed by atoms with E-state index < -0.39 is 0 Å². The van der Waals surface area contributed by atoms with E-state index >= 15 is 0 Å². The molecular formula is C5H7Co-. The van der Waals surface area contributed by atoms with Crippen LogP contribution >= 0.6 is 0 Å². The van der Waals surface area contributed by atoms with Crippen molar-refractivity contribution in [3.63, 3.8) is 0 Å². The Bertz CT molecular complexity index is 45.9. The summed E-state index contributed by atoms with van der Waals surface area (Å²) >= 11 is 0. The molecule has 0 saturated carbocycles. The van der Waals surface area contributed by atoms with Crippen LogP contribution in [0, 0.1) is 6.58 Å². The smallest absolute Gasteiger partial charge is 0 e. The van der Waals surface area contributed by atoms with Crippen LogP contribution in [0.25, 0.3) is 0 Å². The minimum atomic E-state index is 0. The summed E-state index contributed by atoms with van der Waals surface area (Å²) in [5.74, 6) is 0. The summed E-state index contributed by atoms with van der Waals surface area (Å²) in [6.07, 6.45) is 5.15. The van der Waals surface area contributed by atoms with Crippen molar-refractivity contribution >= 4 is 0 Å². The van der Waals surface area contributed by atoms with Gasteiger partial charge in [-0.15, -0.1) is 0 Å². The molecule has 0 bridgehead atoms. The summed E-state index contributed by atoms with van der Waals surface area (Å²) in [6, 6.07) is 0. The molecule has 1 heteroatoms. The van der Waals surface area contributed by atoms with Crippen LogP contribution in [0.3, 0.4) is 0 Å². The second-order valence-corrected chi connectivity index (χ2v) is 0.718. The molecule has 0 spiro atoms. The van der Waals surface area contributed by atoms with Crippen LogP contribution in [0.15, 0.2) is 18.2 Å². The Balaban J connectivity index is 0. The molecule has 0 nitrogen and oxygen atoms in total. The topological polar surface area (TPSA) is 0 Å². The molecule has 0 aliphatic heterocycles. The third-order valence-electron chi connectivity index (χ3n) is 0.304. The van der Waals surface area contributed by atoms with Gasteiger partial charge in [-0.25, -0.2) is 12.2 Å². The van der Waals surface area contributed by atoms with Gasteiger partial charge >= 0.3 is 0 Å². The Labute approximate surface area is 49.1 Å². The van der Waals surface area contributed by atoms with Crippen LogP contribution in [0.1, 0.15) is 6.92 Å². The molecular weight excluding hydrogens is 119 g/mol. The fraction of sp³-hybridized carbons (Fsp3) is 0.200. The fourth-order valence-corrected chi connectivity index (χ4v) is 0.111. The molecule has 0 saturated heterocycles. The minimum Gasteiger partial charge on any atom is -0.293 e. The Hall–Kier alpha value is -0.0135. The molecule has 0 aromatic heterocycles. The van der Waals surface area contributed by atoms with Gasteiger partial charge in [-0.3, -0.25) is 6.58 Å². The van der Waals surface area contributed by atoms with Crippen LogP contribution in [-0.2, 0) is 16.8 Å². The first-order valence-electron chi connectivity index (χ1n) is 1.58. The first-order chi connectivity index (χ1) is 2.41. The van der Waals surface area contributed by atoms with E-state index in [1.54, 1.807) is 6.08 Å². The molecule has 0 atom stereocenters. The Morgan fingerprint density at radius 1 is 1.50 bits per heavy atom. The average Bonchev–Trinajstić information content (AvgIpc) is 1.41. The molecule has 37 valence electrons. The van der Waals surface area contributed by atoms with Gasteiger partial charge in [-0.05, 0) is 0 Å². The molecule has 0 heterocycles. The largest absolute Gasteiger partial charge is 0.293 e. The summed E-state index contributed by atoms with van der Waals surface area (Å²) in [7, 11) is 0. The molecule has 0 amide bonds. The van der Waals surface area contributed by atoms with Gasteiger partial charge in [0.05, 0.1) is 0 Å². The standard InChI is InChI=1S/C5H7.Co/c1-3-5-4-2;/h1,3-5H,2H3;/q-1;/b5-4+;. The molecule has 0 aromatic rings.